The van der Waals surface area contributed by atoms with Gasteiger partial charge in [0, 0.05) is 30.7 Å². The highest BCUT2D eigenvalue weighted by molar-refractivity contribution is 6.07. The molecule has 0 radical (unpaired) electrons. The number of amides is 1. The van der Waals surface area contributed by atoms with Crippen LogP contribution < -0.4 is 15.5 Å². The molecular formula is C22H21N5O. The van der Waals surface area contributed by atoms with Gasteiger partial charge in [0.2, 0.25) is 0 Å². The van der Waals surface area contributed by atoms with E-state index in [2.05, 4.69) is 15.5 Å². The van der Waals surface area contributed by atoms with Crippen LogP contribution in [-0.2, 0) is 4.79 Å². The molecule has 0 aliphatic carbocycles. The minimum absolute atomic E-state index is 0.0761. The van der Waals surface area contributed by atoms with Crippen molar-refractivity contribution in [2.24, 2.45) is 0 Å². The number of rotatable bonds is 5. The summed E-state index contributed by atoms with van der Waals surface area (Å²) in [6, 6.07) is 18.5. The Morgan fingerprint density at radius 1 is 1.00 bits per heavy atom. The van der Waals surface area contributed by atoms with E-state index in [0.717, 1.165) is 18.8 Å². The molecule has 1 saturated heterocycles. The number of carbonyl (C=O) groups excluding carboxylic acids is 1. The zero-order chi connectivity index (χ0) is 19.8. The number of carbonyl (C=O) groups is 1. The Kier molecular flexibility index (Phi) is 6.28. The zero-order valence-corrected chi connectivity index (χ0v) is 15.5. The maximum Gasteiger partial charge on any atom is 0.267 e. The highest BCUT2D eigenvalue weighted by atomic mass is 16.1. The maximum absolute atomic E-state index is 12.3. The van der Waals surface area contributed by atoms with Crippen LogP contribution in [0.4, 0.5) is 17.1 Å². The summed E-state index contributed by atoms with van der Waals surface area (Å²) in [6.07, 6.45) is 5.11. The van der Waals surface area contributed by atoms with Crippen LogP contribution in [0.5, 0.6) is 0 Å². The van der Waals surface area contributed by atoms with Crippen molar-refractivity contribution in [1.82, 2.24) is 0 Å². The third-order valence-corrected chi connectivity index (χ3v) is 4.63. The molecule has 0 spiro atoms. The molecule has 6 nitrogen and oxygen atoms in total. The van der Waals surface area contributed by atoms with Crippen LogP contribution in [0, 0.1) is 22.7 Å². The number of piperidine rings is 1. The molecular weight excluding hydrogens is 350 g/mol. The molecule has 1 aliphatic rings. The third-order valence-electron chi connectivity index (χ3n) is 4.63. The van der Waals surface area contributed by atoms with Gasteiger partial charge in [0.15, 0.2) is 0 Å². The number of nitriles is 2. The summed E-state index contributed by atoms with van der Waals surface area (Å²) in [4.78, 5) is 14.7. The Labute approximate surface area is 164 Å². The van der Waals surface area contributed by atoms with E-state index in [1.165, 1.54) is 31.1 Å². The fraction of sp³-hybridized carbons (Fsp3) is 0.227. The van der Waals surface area contributed by atoms with Gasteiger partial charge in [-0.15, -0.1) is 0 Å². The summed E-state index contributed by atoms with van der Waals surface area (Å²) >= 11 is 0. The quantitative estimate of drug-likeness (QED) is 0.612. The second-order valence-corrected chi connectivity index (χ2v) is 6.52. The second kappa shape index (κ2) is 9.25. The second-order valence-electron chi connectivity index (χ2n) is 6.52. The first-order valence-corrected chi connectivity index (χ1v) is 9.23. The van der Waals surface area contributed by atoms with Crippen molar-refractivity contribution in [3.8, 4) is 12.1 Å². The van der Waals surface area contributed by atoms with Crippen molar-refractivity contribution < 1.29 is 4.79 Å². The molecule has 3 rings (SSSR count). The van der Waals surface area contributed by atoms with Gasteiger partial charge in [0.25, 0.3) is 5.91 Å². The van der Waals surface area contributed by atoms with E-state index in [9.17, 15) is 10.1 Å². The van der Waals surface area contributed by atoms with Gasteiger partial charge in [0.05, 0.1) is 11.3 Å². The first kappa shape index (κ1) is 19.0. The predicted molar refractivity (Wildman–Crippen MR) is 110 cm³/mol. The summed E-state index contributed by atoms with van der Waals surface area (Å²) in [5, 5.41) is 24.0. The predicted octanol–water partition coefficient (Wildman–Crippen LogP) is 4.01. The monoisotopic (exact) mass is 371 g/mol. The molecule has 0 unspecified atom stereocenters. The zero-order valence-electron chi connectivity index (χ0n) is 15.5. The number of hydrogen-bond acceptors (Lipinski definition) is 5. The number of benzene rings is 2. The van der Waals surface area contributed by atoms with Gasteiger partial charge in [-0.05, 0) is 55.7 Å². The van der Waals surface area contributed by atoms with Crippen molar-refractivity contribution in [2.75, 3.05) is 28.6 Å². The van der Waals surface area contributed by atoms with Crippen molar-refractivity contribution in [1.29, 1.82) is 10.5 Å². The van der Waals surface area contributed by atoms with Crippen LogP contribution in [0.2, 0.25) is 0 Å². The van der Waals surface area contributed by atoms with Gasteiger partial charge in [-0.3, -0.25) is 4.79 Å². The van der Waals surface area contributed by atoms with Crippen molar-refractivity contribution >= 4 is 23.0 Å². The van der Waals surface area contributed by atoms with Crippen LogP contribution in [0.1, 0.15) is 24.8 Å². The molecule has 2 aromatic rings. The van der Waals surface area contributed by atoms with Crippen LogP contribution >= 0.6 is 0 Å². The van der Waals surface area contributed by atoms with E-state index in [-0.39, 0.29) is 5.57 Å². The Morgan fingerprint density at radius 3 is 2.39 bits per heavy atom. The van der Waals surface area contributed by atoms with E-state index < -0.39 is 5.91 Å². The van der Waals surface area contributed by atoms with Crippen molar-refractivity contribution in [3.05, 3.63) is 65.9 Å². The van der Waals surface area contributed by atoms with Gasteiger partial charge in [0.1, 0.15) is 17.7 Å². The molecule has 0 saturated carbocycles. The molecule has 140 valence electrons. The van der Waals surface area contributed by atoms with Crippen LogP contribution in [-0.4, -0.2) is 19.0 Å². The van der Waals surface area contributed by atoms with E-state index in [4.69, 9.17) is 5.26 Å². The van der Waals surface area contributed by atoms with Crippen molar-refractivity contribution in [2.45, 2.75) is 19.3 Å². The highest BCUT2D eigenvalue weighted by Crippen LogP contribution is 2.22. The summed E-state index contributed by atoms with van der Waals surface area (Å²) in [5.74, 6) is -0.567. The largest absolute Gasteiger partial charge is 0.372 e. The lowest BCUT2D eigenvalue weighted by molar-refractivity contribution is -0.112. The van der Waals surface area contributed by atoms with E-state index in [1.807, 2.05) is 36.4 Å². The van der Waals surface area contributed by atoms with Gasteiger partial charge in [-0.2, -0.15) is 10.5 Å². The number of nitrogens with zero attached hydrogens (tertiary/aromatic N) is 3. The fourth-order valence-corrected chi connectivity index (χ4v) is 3.10. The molecule has 1 fully saturated rings. The minimum atomic E-state index is -0.567. The maximum atomic E-state index is 12.3. The molecule has 1 aliphatic heterocycles. The lowest BCUT2D eigenvalue weighted by Crippen LogP contribution is -2.29. The molecule has 1 amide bonds. The standard InChI is InChI=1S/C22H21N5O/c23-14-17-6-2-3-7-21(17)26-22(28)18(15-24)16-25-19-8-10-20(11-9-19)27-12-4-1-5-13-27/h2-3,6-11,16,25H,1,4-5,12-13H2,(H,26,28)/b18-16-. The van der Waals surface area contributed by atoms with Gasteiger partial charge >= 0.3 is 0 Å². The molecule has 0 atom stereocenters. The molecule has 2 N–H and O–H groups in total. The topological polar surface area (TPSA) is 91.9 Å². The van der Waals surface area contributed by atoms with E-state index in [0.29, 0.717) is 11.3 Å². The van der Waals surface area contributed by atoms with Gasteiger partial charge in [-0.1, -0.05) is 12.1 Å². The number of hydrogen-bond donors (Lipinski definition) is 2. The first-order valence-electron chi connectivity index (χ1n) is 9.23. The lowest BCUT2D eigenvalue weighted by atomic mass is 10.1. The Bertz CT molecular complexity index is 944. The summed E-state index contributed by atoms with van der Waals surface area (Å²) in [6.45, 7) is 2.16. The third kappa shape index (κ3) is 4.69. The Morgan fingerprint density at radius 2 is 1.71 bits per heavy atom. The Balaban J connectivity index is 1.65. The van der Waals surface area contributed by atoms with E-state index >= 15 is 0 Å². The molecule has 28 heavy (non-hydrogen) atoms. The van der Waals surface area contributed by atoms with E-state index in [1.54, 1.807) is 24.3 Å². The van der Waals surface area contributed by atoms with Crippen LogP contribution in [0.15, 0.2) is 60.3 Å². The Hall–Kier alpha value is -3.77. The molecule has 6 heteroatoms. The number of nitrogens with one attached hydrogen (secondary N) is 2. The van der Waals surface area contributed by atoms with Gasteiger partial charge < -0.3 is 15.5 Å². The SMILES string of the molecule is N#C/C(=C/Nc1ccc(N2CCCCC2)cc1)C(=O)Nc1ccccc1C#N. The van der Waals surface area contributed by atoms with Crippen LogP contribution in [0.25, 0.3) is 0 Å². The normalized spacial score (nSPS) is 13.9. The molecule has 2 aromatic carbocycles. The average molecular weight is 371 g/mol. The summed E-state index contributed by atoms with van der Waals surface area (Å²) in [7, 11) is 0. The van der Waals surface area contributed by atoms with Crippen molar-refractivity contribution in [3.63, 3.8) is 0 Å². The highest BCUT2D eigenvalue weighted by Gasteiger charge is 2.12. The number of para-hydroxylation sites is 1. The summed E-state index contributed by atoms with van der Waals surface area (Å²) in [5.41, 5.74) is 2.61. The lowest BCUT2D eigenvalue weighted by Gasteiger charge is -2.28. The first-order chi connectivity index (χ1) is 13.7. The van der Waals surface area contributed by atoms with Gasteiger partial charge in [-0.25, -0.2) is 0 Å². The van der Waals surface area contributed by atoms with Crippen LogP contribution in [0.3, 0.4) is 0 Å². The molecule has 1 heterocycles. The molecule has 0 aromatic heterocycles. The average Bonchev–Trinajstić information content (AvgIpc) is 2.75. The number of anilines is 3. The smallest absolute Gasteiger partial charge is 0.267 e. The fourth-order valence-electron chi connectivity index (χ4n) is 3.10. The summed E-state index contributed by atoms with van der Waals surface area (Å²) < 4.78 is 0. The minimum Gasteiger partial charge on any atom is -0.372 e. The molecule has 0 bridgehead atoms.